The van der Waals surface area contributed by atoms with E-state index in [0.717, 1.165) is 12.4 Å². The van der Waals surface area contributed by atoms with Gasteiger partial charge in [-0.15, -0.1) is 0 Å². The molecule has 86 valence electrons. The van der Waals surface area contributed by atoms with Crippen molar-refractivity contribution in [1.82, 2.24) is 0 Å². The zero-order valence-corrected chi connectivity index (χ0v) is 10.9. The first-order chi connectivity index (χ1) is 6.70. The minimum absolute atomic E-state index is 0.425. The van der Waals surface area contributed by atoms with Crippen LogP contribution in [0.5, 0.6) is 0 Å². The van der Waals surface area contributed by atoms with Crippen molar-refractivity contribution in [3.63, 3.8) is 0 Å². The Hall–Kier alpha value is 0.310. The number of hydrogen-bond acceptors (Lipinski definition) is 2. The molecule has 0 radical (unpaired) electrons. The minimum Gasteiger partial charge on any atom is -0.378 e. The molecule has 0 rings (SSSR count). The molecule has 0 aliphatic rings. The second kappa shape index (κ2) is 9.85. The highest BCUT2D eigenvalue weighted by atomic mass is 32.1. The zero-order chi connectivity index (χ0) is 10.8. The molecule has 2 heteroatoms. The van der Waals surface area contributed by atoms with Gasteiger partial charge < -0.3 is 4.74 Å². The average Bonchev–Trinajstić information content (AvgIpc) is 2.21. The van der Waals surface area contributed by atoms with Gasteiger partial charge in [0, 0.05) is 0 Å². The van der Waals surface area contributed by atoms with Crippen LogP contribution in [0.25, 0.3) is 0 Å². The Morgan fingerprint density at radius 1 is 1.14 bits per heavy atom. The summed E-state index contributed by atoms with van der Waals surface area (Å²) in [7, 11) is 0. The normalized spacial score (nSPS) is 15.4. The number of hydrogen-bond donors (Lipinski definition) is 1. The molecule has 0 aromatic rings. The summed E-state index contributed by atoms with van der Waals surface area (Å²) in [6, 6.07) is 0. The summed E-state index contributed by atoms with van der Waals surface area (Å²) in [5.74, 6) is 1.50. The summed E-state index contributed by atoms with van der Waals surface area (Å²) in [6.45, 7) is 7.46. The lowest BCUT2D eigenvalue weighted by Gasteiger charge is -2.15. The Kier molecular flexibility index (Phi) is 10.1. The van der Waals surface area contributed by atoms with Crippen LogP contribution in [0.15, 0.2) is 0 Å². The third-order valence-electron chi connectivity index (χ3n) is 2.44. The van der Waals surface area contributed by atoms with Crippen LogP contribution < -0.4 is 0 Å². The van der Waals surface area contributed by atoms with E-state index >= 15 is 0 Å². The zero-order valence-electron chi connectivity index (χ0n) is 9.96. The predicted molar refractivity (Wildman–Crippen MR) is 67.2 cm³/mol. The molecule has 2 atom stereocenters. The second-order valence-electron chi connectivity index (χ2n) is 4.28. The van der Waals surface area contributed by atoms with E-state index in [2.05, 4.69) is 33.4 Å². The van der Waals surface area contributed by atoms with Crippen molar-refractivity contribution in [2.24, 2.45) is 5.92 Å². The largest absolute Gasteiger partial charge is 0.378 e. The molecule has 0 N–H and O–H groups in total. The highest BCUT2D eigenvalue weighted by Gasteiger charge is 2.04. The predicted octanol–water partition coefficient (Wildman–Crippen LogP) is 3.93. The molecule has 0 amide bonds. The van der Waals surface area contributed by atoms with Crippen molar-refractivity contribution in [3.05, 3.63) is 0 Å². The van der Waals surface area contributed by atoms with Crippen LogP contribution in [0.2, 0.25) is 0 Å². The average molecular weight is 218 g/mol. The van der Waals surface area contributed by atoms with E-state index in [9.17, 15) is 0 Å². The fourth-order valence-corrected chi connectivity index (χ4v) is 1.43. The summed E-state index contributed by atoms with van der Waals surface area (Å²) in [4.78, 5) is 0. The molecule has 1 nitrogen and oxygen atoms in total. The van der Waals surface area contributed by atoms with Gasteiger partial charge in [-0.1, -0.05) is 39.5 Å². The molecule has 0 bridgehead atoms. The van der Waals surface area contributed by atoms with E-state index in [0.29, 0.717) is 12.0 Å². The van der Waals surface area contributed by atoms with Crippen molar-refractivity contribution in [2.75, 3.05) is 12.4 Å². The third kappa shape index (κ3) is 8.89. The van der Waals surface area contributed by atoms with Crippen molar-refractivity contribution >= 4 is 12.6 Å². The summed E-state index contributed by atoms with van der Waals surface area (Å²) >= 11 is 4.24. The lowest BCUT2D eigenvalue weighted by atomic mass is 10.1. The molecule has 14 heavy (non-hydrogen) atoms. The van der Waals surface area contributed by atoms with E-state index in [1.807, 2.05) is 0 Å². The SMILES string of the molecule is CCCCCCC(C)OCC(C)CS. The van der Waals surface area contributed by atoms with E-state index < -0.39 is 0 Å². The summed E-state index contributed by atoms with van der Waals surface area (Å²) in [5.41, 5.74) is 0. The Morgan fingerprint density at radius 2 is 1.86 bits per heavy atom. The molecule has 0 spiro atoms. The molecule has 2 unspecified atom stereocenters. The van der Waals surface area contributed by atoms with Gasteiger partial charge >= 0.3 is 0 Å². The first kappa shape index (κ1) is 14.3. The van der Waals surface area contributed by atoms with Crippen LogP contribution in [-0.2, 0) is 4.74 Å². The van der Waals surface area contributed by atoms with Crippen molar-refractivity contribution in [3.8, 4) is 0 Å². The van der Waals surface area contributed by atoms with Gasteiger partial charge in [0.25, 0.3) is 0 Å². The first-order valence-electron chi connectivity index (χ1n) is 5.93. The molecule has 0 aromatic carbocycles. The summed E-state index contributed by atoms with van der Waals surface area (Å²) < 4.78 is 5.73. The van der Waals surface area contributed by atoms with Crippen LogP contribution in [0.1, 0.15) is 52.9 Å². The number of unbranched alkanes of at least 4 members (excludes halogenated alkanes) is 3. The maximum Gasteiger partial charge on any atom is 0.0547 e. The van der Waals surface area contributed by atoms with E-state index in [-0.39, 0.29) is 0 Å². The van der Waals surface area contributed by atoms with Crippen LogP contribution in [0.3, 0.4) is 0 Å². The van der Waals surface area contributed by atoms with Gasteiger partial charge in [-0.3, -0.25) is 0 Å². The fraction of sp³-hybridized carbons (Fsp3) is 1.00. The maximum atomic E-state index is 5.73. The minimum atomic E-state index is 0.425. The highest BCUT2D eigenvalue weighted by Crippen LogP contribution is 2.09. The molecule has 0 saturated heterocycles. The van der Waals surface area contributed by atoms with Gasteiger partial charge in [-0.2, -0.15) is 12.6 Å². The Balaban J connectivity index is 3.23. The van der Waals surface area contributed by atoms with E-state index in [4.69, 9.17) is 4.74 Å². The molecule has 0 aliphatic carbocycles. The molecule has 0 aliphatic heterocycles. The molecular formula is C12H26OS. The number of ether oxygens (including phenoxy) is 1. The highest BCUT2D eigenvalue weighted by molar-refractivity contribution is 7.80. The van der Waals surface area contributed by atoms with Gasteiger partial charge in [-0.05, 0) is 25.0 Å². The lowest BCUT2D eigenvalue weighted by Crippen LogP contribution is -2.14. The molecular weight excluding hydrogens is 192 g/mol. The van der Waals surface area contributed by atoms with Gasteiger partial charge in [0.15, 0.2) is 0 Å². The van der Waals surface area contributed by atoms with E-state index in [1.54, 1.807) is 0 Å². The summed E-state index contributed by atoms with van der Waals surface area (Å²) in [6.07, 6.45) is 6.97. The molecule has 0 fully saturated rings. The smallest absolute Gasteiger partial charge is 0.0547 e. The Labute approximate surface area is 95.0 Å². The first-order valence-corrected chi connectivity index (χ1v) is 6.56. The molecule has 0 heterocycles. The quantitative estimate of drug-likeness (QED) is 0.456. The molecule has 0 saturated carbocycles. The lowest BCUT2D eigenvalue weighted by molar-refractivity contribution is 0.0419. The Bertz CT molecular complexity index is 117. The Morgan fingerprint density at radius 3 is 2.43 bits per heavy atom. The third-order valence-corrected chi connectivity index (χ3v) is 3.06. The van der Waals surface area contributed by atoms with Gasteiger partial charge in [-0.25, -0.2) is 0 Å². The molecule has 0 aromatic heterocycles. The van der Waals surface area contributed by atoms with Crippen molar-refractivity contribution in [2.45, 2.75) is 59.0 Å². The second-order valence-corrected chi connectivity index (χ2v) is 4.65. The number of rotatable bonds is 9. The van der Waals surface area contributed by atoms with Gasteiger partial charge in [0.2, 0.25) is 0 Å². The van der Waals surface area contributed by atoms with Gasteiger partial charge in [0.1, 0.15) is 0 Å². The topological polar surface area (TPSA) is 9.23 Å². The van der Waals surface area contributed by atoms with Gasteiger partial charge in [0.05, 0.1) is 12.7 Å². The van der Waals surface area contributed by atoms with Crippen LogP contribution >= 0.6 is 12.6 Å². The van der Waals surface area contributed by atoms with Crippen LogP contribution in [0.4, 0.5) is 0 Å². The van der Waals surface area contributed by atoms with Crippen molar-refractivity contribution in [1.29, 1.82) is 0 Å². The standard InChI is InChI=1S/C12H26OS/c1-4-5-6-7-8-12(3)13-9-11(2)10-14/h11-12,14H,4-10H2,1-3H3. The fourth-order valence-electron chi connectivity index (χ4n) is 1.32. The maximum absolute atomic E-state index is 5.73. The van der Waals surface area contributed by atoms with Crippen LogP contribution in [-0.4, -0.2) is 18.5 Å². The summed E-state index contributed by atoms with van der Waals surface area (Å²) in [5, 5.41) is 0. The monoisotopic (exact) mass is 218 g/mol. The number of thiol groups is 1. The van der Waals surface area contributed by atoms with E-state index in [1.165, 1.54) is 32.1 Å². The van der Waals surface area contributed by atoms with Crippen molar-refractivity contribution < 1.29 is 4.74 Å². The van der Waals surface area contributed by atoms with Crippen LogP contribution in [0, 0.1) is 5.92 Å².